The molecule has 0 bridgehead atoms. The Morgan fingerprint density at radius 2 is 1.70 bits per heavy atom. The third-order valence-electron chi connectivity index (χ3n) is 7.53. The topological polar surface area (TPSA) is 91.3 Å². The number of nitrogens with zero attached hydrogens (tertiary/aromatic N) is 3. The van der Waals surface area contributed by atoms with E-state index in [1.54, 1.807) is 11.8 Å². The van der Waals surface area contributed by atoms with Crippen LogP contribution in [0, 0.1) is 6.92 Å². The van der Waals surface area contributed by atoms with Gasteiger partial charge < -0.3 is 20.9 Å². The predicted octanol–water partition coefficient (Wildman–Crippen LogP) is 4.95. The normalized spacial score (nSPS) is 18.0. The molecule has 0 saturated carbocycles. The van der Waals surface area contributed by atoms with Gasteiger partial charge in [-0.3, -0.25) is 14.3 Å². The van der Waals surface area contributed by atoms with Crippen molar-refractivity contribution in [1.82, 2.24) is 30.6 Å². The van der Waals surface area contributed by atoms with Crippen LogP contribution in [-0.2, 0) is 29.4 Å². The Bertz CT molecular complexity index is 1230. The number of hydrogen-bond donors (Lipinski definition) is 3. The van der Waals surface area contributed by atoms with E-state index >= 15 is 0 Å². The Morgan fingerprint density at radius 1 is 1.00 bits per heavy atom. The van der Waals surface area contributed by atoms with E-state index in [4.69, 9.17) is 0 Å². The van der Waals surface area contributed by atoms with Crippen LogP contribution >= 0.6 is 0 Å². The Balaban J connectivity index is 0.000000177. The third kappa shape index (κ3) is 12.0. The summed E-state index contributed by atoms with van der Waals surface area (Å²) >= 11 is 0. The maximum atomic E-state index is 11.9. The van der Waals surface area contributed by atoms with E-state index in [2.05, 4.69) is 27.1 Å². The van der Waals surface area contributed by atoms with Crippen LogP contribution in [0.4, 0.5) is 13.2 Å². The second-order valence-corrected chi connectivity index (χ2v) is 11.1. The van der Waals surface area contributed by atoms with Gasteiger partial charge in [-0.2, -0.15) is 18.3 Å². The summed E-state index contributed by atoms with van der Waals surface area (Å²) in [5.41, 5.74) is 2.44. The summed E-state index contributed by atoms with van der Waals surface area (Å²) in [6.07, 6.45) is 7.18. The number of likely N-dealkylation sites (tertiary alicyclic amines) is 1. The summed E-state index contributed by atoms with van der Waals surface area (Å²) in [5.74, 6) is 0.101. The standard InChI is InChI=1S/C14H18N4O.C8H7F3.C5H9NO.C5H11N/c1-18-13-5-4-10(7-11(13)9-17-18)8-16-14(19)12-3-2-6-15-12;1-6-2-4-7(5-3-6)8(9,10)11;7-5-6-3-1-2-4-6;1-2-4-6-5-3-1/h4-5,7,9,12,15H,2-3,6,8H2,1H3,(H,16,19);2-5H,1H3;5H,1-4H2;6H,1-5H2. The molecule has 6 rings (SSSR count). The number of alkyl halides is 3. The van der Waals surface area contributed by atoms with Gasteiger partial charge in [-0.05, 0) is 94.9 Å². The number of nitrogens with one attached hydrogen (secondary N) is 3. The zero-order valence-corrected chi connectivity index (χ0v) is 25.3. The number of fused-ring (bicyclic) bond motifs is 1. The molecule has 2 aromatic carbocycles. The molecule has 1 atom stereocenters. The van der Waals surface area contributed by atoms with E-state index in [0.717, 1.165) is 73.0 Å². The van der Waals surface area contributed by atoms with Crippen molar-refractivity contribution >= 4 is 23.2 Å². The number of piperidine rings is 1. The highest BCUT2D eigenvalue weighted by molar-refractivity contribution is 5.82. The number of amides is 2. The van der Waals surface area contributed by atoms with Gasteiger partial charge in [0.05, 0.1) is 23.3 Å². The second kappa shape index (κ2) is 17.6. The number of carbonyl (C=O) groups is 2. The van der Waals surface area contributed by atoms with Crippen molar-refractivity contribution < 1.29 is 22.8 Å². The van der Waals surface area contributed by atoms with Gasteiger partial charge in [0.2, 0.25) is 12.3 Å². The van der Waals surface area contributed by atoms with E-state index in [-0.39, 0.29) is 11.9 Å². The molecule has 236 valence electrons. The van der Waals surface area contributed by atoms with Gasteiger partial charge in [-0.15, -0.1) is 0 Å². The highest BCUT2D eigenvalue weighted by Gasteiger charge is 2.29. The third-order valence-corrected chi connectivity index (χ3v) is 7.53. The SMILES string of the molecule is C1CCNCC1.Cc1ccc(C(F)(F)F)cc1.Cn1ncc2cc(CNC(=O)C3CCCN3)ccc21.O=CN1CCCC1. The number of hydrogen-bond acceptors (Lipinski definition) is 5. The molecule has 3 fully saturated rings. The monoisotopic (exact) mass is 602 g/mol. The van der Waals surface area contributed by atoms with E-state index in [1.165, 1.54) is 57.3 Å². The summed E-state index contributed by atoms with van der Waals surface area (Å²) in [5, 5.41) is 14.8. The molecule has 11 heteroatoms. The molecule has 8 nitrogen and oxygen atoms in total. The lowest BCUT2D eigenvalue weighted by molar-refractivity contribution is -0.137. The van der Waals surface area contributed by atoms with Gasteiger partial charge in [0, 0.05) is 32.1 Å². The average Bonchev–Trinajstić information content (AvgIpc) is 3.81. The molecule has 0 aliphatic carbocycles. The van der Waals surface area contributed by atoms with Gasteiger partial charge in [0.15, 0.2) is 0 Å². The van der Waals surface area contributed by atoms with Crippen molar-refractivity contribution in [3.05, 3.63) is 65.4 Å². The molecule has 1 aromatic heterocycles. The molecule has 0 spiro atoms. The molecule has 43 heavy (non-hydrogen) atoms. The van der Waals surface area contributed by atoms with Gasteiger partial charge in [0.25, 0.3) is 0 Å². The summed E-state index contributed by atoms with van der Waals surface area (Å²) in [4.78, 5) is 23.6. The first-order valence-corrected chi connectivity index (χ1v) is 15.1. The van der Waals surface area contributed by atoms with E-state index in [1.807, 2.05) is 30.1 Å². The lowest BCUT2D eigenvalue weighted by Gasteiger charge is -2.11. The van der Waals surface area contributed by atoms with E-state index in [9.17, 15) is 22.8 Å². The number of rotatable bonds is 4. The van der Waals surface area contributed by atoms with Crippen LogP contribution in [0.3, 0.4) is 0 Å². The van der Waals surface area contributed by atoms with Crippen LogP contribution in [0.15, 0.2) is 48.7 Å². The fourth-order valence-corrected chi connectivity index (χ4v) is 4.94. The molecule has 4 heterocycles. The minimum Gasteiger partial charge on any atom is -0.351 e. The highest BCUT2D eigenvalue weighted by Crippen LogP contribution is 2.28. The number of benzene rings is 2. The Hall–Kier alpha value is -3.44. The van der Waals surface area contributed by atoms with Crippen LogP contribution in [-0.4, -0.2) is 65.8 Å². The molecular formula is C32H45F3N6O2. The fraction of sp³-hybridized carbons (Fsp3) is 0.531. The minimum absolute atomic E-state index is 0.0119. The van der Waals surface area contributed by atoms with Gasteiger partial charge in [-0.25, -0.2) is 0 Å². The molecule has 3 aliphatic heterocycles. The van der Waals surface area contributed by atoms with E-state index in [0.29, 0.717) is 6.54 Å². The molecule has 2 amide bonds. The van der Waals surface area contributed by atoms with Crippen molar-refractivity contribution in [2.24, 2.45) is 7.05 Å². The first kappa shape index (κ1) is 34.1. The van der Waals surface area contributed by atoms with Crippen molar-refractivity contribution in [1.29, 1.82) is 0 Å². The Labute approximate surface area is 252 Å². The van der Waals surface area contributed by atoms with Crippen molar-refractivity contribution in [2.45, 2.75) is 70.6 Å². The Kier molecular flexibility index (Phi) is 14.0. The van der Waals surface area contributed by atoms with Gasteiger partial charge >= 0.3 is 6.18 Å². The highest BCUT2D eigenvalue weighted by atomic mass is 19.4. The lowest BCUT2D eigenvalue weighted by atomic mass is 10.1. The number of carbonyl (C=O) groups excluding carboxylic acids is 2. The first-order valence-electron chi connectivity index (χ1n) is 15.1. The van der Waals surface area contributed by atoms with Crippen LogP contribution in [0.5, 0.6) is 0 Å². The van der Waals surface area contributed by atoms with Crippen molar-refractivity contribution in [3.63, 3.8) is 0 Å². The molecule has 0 radical (unpaired) electrons. The summed E-state index contributed by atoms with van der Waals surface area (Å²) in [7, 11) is 1.93. The summed E-state index contributed by atoms with van der Waals surface area (Å²) in [6.45, 7) is 7.72. The molecule has 3 aromatic rings. The molecule has 3 saturated heterocycles. The zero-order chi connectivity index (χ0) is 31.1. The van der Waals surface area contributed by atoms with Crippen LogP contribution < -0.4 is 16.0 Å². The van der Waals surface area contributed by atoms with Crippen LogP contribution in [0.1, 0.15) is 61.6 Å². The van der Waals surface area contributed by atoms with Crippen LogP contribution in [0.2, 0.25) is 0 Å². The fourth-order valence-electron chi connectivity index (χ4n) is 4.94. The summed E-state index contributed by atoms with van der Waals surface area (Å²) < 4.78 is 37.6. The van der Waals surface area contributed by atoms with Crippen LogP contribution in [0.25, 0.3) is 10.9 Å². The first-order chi connectivity index (χ1) is 20.7. The largest absolute Gasteiger partial charge is 0.416 e. The minimum atomic E-state index is -4.21. The molecule has 3 N–H and O–H groups in total. The maximum absolute atomic E-state index is 11.9. The average molecular weight is 603 g/mol. The quantitative estimate of drug-likeness (QED) is 0.368. The summed E-state index contributed by atoms with van der Waals surface area (Å²) in [6, 6.07) is 11.2. The molecule has 1 unspecified atom stereocenters. The van der Waals surface area contributed by atoms with E-state index < -0.39 is 11.7 Å². The second-order valence-electron chi connectivity index (χ2n) is 11.1. The van der Waals surface area contributed by atoms with Crippen molar-refractivity contribution in [3.8, 4) is 0 Å². The van der Waals surface area contributed by atoms with Gasteiger partial charge in [0.1, 0.15) is 0 Å². The zero-order valence-electron chi connectivity index (χ0n) is 25.3. The maximum Gasteiger partial charge on any atom is 0.416 e. The number of halogens is 3. The van der Waals surface area contributed by atoms with Gasteiger partial charge in [-0.1, -0.05) is 30.2 Å². The lowest BCUT2D eigenvalue weighted by Crippen LogP contribution is -2.39. The predicted molar refractivity (Wildman–Crippen MR) is 163 cm³/mol. The van der Waals surface area contributed by atoms with Crippen molar-refractivity contribution in [2.75, 3.05) is 32.7 Å². The molecular weight excluding hydrogens is 557 g/mol. The smallest absolute Gasteiger partial charge is 0.351 e. The number of aryl methyl sites for hydroxylation is 2. The molecule has 3 aliphatic rings. The number of aromatic nitrogens is 2. The Morgan fingerprint density at radius 3 is 2.21 bits per heavy atom.